The first-order valence-corrected chi connectivity index (χ1v) is 5.62. The molecule has 84 valence electrons. The SMILES string of the molecule is Cc1cc(OCCCCN)cc(C)c1Cl. The average molecular weight is 228 g/mol. The van der Waals surface area contributed by atoms with Crippen LogP contribution >= 0.6 is 11.6 Å². The first kappa shape index (κ1) is 12.3. The maximum absolute atomic E-state index is 6.06. The van der Waals surface area contributed by atoms with Crippen molar-refractivity contribution in [3.8, 4) is 5.75 Å². The normalized spacial score (nSPS) is 10.4. The van der Waals surface area contributed by atoms with Crippen LogP contribution in [0.4, 0.5) is 0 Å². The first-order valence-electron chi connectivity index (χ1n) is 5.24. The lowest BCUT2D eigenvalue weighted by Gasteiger charge is -2.09. The van der Waals surface area contributed by atoms with Gasteiger partial charge in [-0.15, -0.1) is 0 Å². The molecule has 0 aromatic heterocycles. The van der Waals surface area contributed by atoms with E-state index in [1.807, 2.05) is 26.0 Å². The molecule has 0 aliphatic carbocycles. The van der Waals surface area contributed by atoms with Crippen molar-refractivity contribution < 1.29 is 4.74 Å². The van der Waals surface area contributed by atoms with Gasteiger partial charge in [0.2, 0.25) is 0 Å². The fourth-order valence-corrected chi connectivity index (χ4v) is 1.54. The van der Waals surface area contributed by atoms with Crippen LogP contribution in [0.3, 0.4) is 0 Å². The zero-order valence-electron chi connectivity index (χ0n) is 9.35. The third-order valence-electron chi connectivity index (χ3n) is 2.28. The summed E-state index contributed by atoms with van der Waals surface area (Å²) in [5.74, 6) is 0.895. The van der Waals surface area contributed by atoms with Crippen LogP contribution in [-0.4, -0.2) is 13.2 Å². The van der Waals surface area contributed by atoms with Gasteiger partial charge in [-0.05, 0) is 56.5 Å². The molecule has 2 nitrogen and oxygen atoms in total. The zero-order chi connectivity index (χ0) is 11.3. The molecule has 0 saturated carbocycles. The van der Waals surface area contributed by atoms with Crippen LogP contribution in [0.1, 0.15) is 24.0 Å². The number of hydrogen-bond donors (Lipinski definition) is 1. The van der Waals surface area contributed by atoms with E-state index < -0.39 is 0 Å². The summed E-state index contributed by atoms with van der Waals surface area (Å²) in [6.07, 6.45) is 2.00. The molecule has 0 aliphatic rings. The molecular weight excluding hydrogens is 210 g/mol. The molecule has 0 fully saturated rings. The van der Waals surface area contributed by atoms with Gasteiger partial charge in [0.25, 0.3) is 0 Å². The molecule has 0 amide bonds. The van der Waals surface area contributed by atoms with Crippen molar-refractivity contribution in [3.63, 3.8) is 0 Å². The molecule has 0 heterocycles. The fraction of sp³-hybridized carbons (Fsp3) is 0.500. The molecule has 15 heavy (non-hydrogen) atoms. The Morgan fingerprint density at radius 3 is 2.33 bits per heavy atom. The summed E-state index contributed by atoms with van der Waals surface area (Å²) >= 11 is 6.06. The van der Waals surface area contributed by atoms with E-state index in [0.29, 0.717) is 0 Å². The fourth-order valence-electron chi connectivity index (χ4n) is 1.43. The maximum atomic E-state index is 6.06. The summed E-state index contributed by atoms with van der Waals surface area (Å²) in [5, 5.41) is 0.823. The van der Waals surface area contributed by atoms with Gasteiger partial charge >= 0.3 is 0 Å². The summed E-state index contributed by atoms with van der Waals surface area (Å²) in [6, 6.07) is 3.94. The van der Waals surface area contributed by atoms with Gasteiger partial charge in [-0.1, -0.05) is 11.6 Å². The van der Waals surface area contributed by atoms with Gasteiger partial charge in [0.05, 0.1) is 6.61 Å². The van der Waals surface area contributed by atoms with Crippen LogP contribution < -0.4 is 10.5 Å². The Morgan fingerprint density at radius 2 is 1.80 bits per heavy atom. The number of benzene rings is 1. The van der Waals surface area contributed by atoms with Gasteiger partial charge in [0.1, 0.15) is 5.75 Å². The summed E-state index contributed by atoms with van der Waals surface area (Å²) in [4.78, 5) is 0. The topological polar surface area (TPSA) is 35.2 Å². The minimum atomic E-state index is 0.720. The number of halogens is 1. The second kappa shape index (κ2) is 5.99. The van der Waals surface area contributed by atoms with Crippen molar-refractivity contribution in [3.05, 3.63) is 28.3 Å². The van der Waals surface area contributed by atoms with Gasteiger partial charge in [-0.25, -0.2) is 0 Å². The molecule has 1 aromatic rings. The van der Waals surface area contributed by atoms with Crippen molar-refractivity contribution in [2.24, 2.45) is 5.73 Å². The Morgan fingerprint density at radius 1 is 1.20 bits per heavy atom. The van der Waals surface area contributed by atoms with E-state index in [9.17, 15) is 0 Å². The minimum absolute atomic E-state index is 0.720. The predicted molar refractivity (Wildman–Crippen MR) is 64.7 cm³/mol. The Labute approximate surface area is 96.4 Å². The minimum Gasteiger partial charge on any atom is -0.494 e. The largest absolute Gasteiger partial charge is 0.494 e. The Hall–Kier alpha value is -0.730. The molecule has 3 heteroatoms. The third-order valence-corrected chi connectivity index (χ3v) is 2.87. The highest BCUT2D eigenvalue weighted by Crippen LogP contribution is 2.25. The molecule has 0 saturated heterocycles. The van der Waals surface area contributed by atoms with E-state index in [1.165, 1.54) is 0 Å². The maximum Gasteiger partial charge on any atom is 0.119 e. The number of unbranched alkanes of at least 4 members (excludes halogenated alkanes) is 1. The van der Waals surface area contributed by atoms with E-state index in [4.69, 9.17) is 22.1 Å². The molecule has 0 spiro atoms. The number of ether oxygens (including phenoxy) is 1. The second-order valence-electron chi connectivity index (χ2n) is 3.72. The molecule has 0 unspecified atom stereocenters. The highest BCUT2D eigenvalue weighted by Gasteiger charge is 2.03. The molecule has 1 aromatic carbocycles. The lowest BCUT2D eigenvalue weighted by Crippen LogP contribution is -2.03. The second-order valence-corrected chi connectivity index (χ2v) is 4.09. The summed E-state index contributed by atoms with van der Waals surface area (Å²) in [6.45, 7) is 5.42. The summed E-state index contributed by atoms with van der Waals surface area (Å²) in [5.41, 5.74) is 7.52. The molecule has 2 N–H and O–H groups in total. The van der Waals surface area contributed by atoms with Crippen LogP contribution in [0, 0.1) is 13.8 Å². The van der Waals surface area contributed by atoms with E-state index in [-0.39, 0.29) is 0 Å². The van der Waals surface area contributed by atoms with Crippen molar-refractivity contribution >= 4 is 11.6 Å². The quantitative estimate of drug-likeness (QED) is 0.785. The van der Waals surface area contributed by atoms with Crippen LogP contribution in [0.2, 0.25) is 5.02 Å². The van der Waals surface area contributed by atoms with Crippen molar-refractivity contribution in [1.29, 1.82) is 0 Å². The van der Waals surface area contributed by atoms with Gasteiger partial charge in [0, 0.05) is 5.02 Å². The Kier molecular flexibility index (Phi) is 4.92. The predicted octanol–water partition coefficient (Wildman–Crippen LogP) is 3.07. The monoisotopic (exact) mass is 227 g/mol. The van der Waals surface area contributed by atoms with E-state index in [2.05, 4.69) is 0 Å². The van der Waals surface area contributed by atoms with Crippen LogP contribution in [-0.2, 0) is 0 Å². The summed E-state index contributed by atoms with van der Waals surface area (Å²) in [7, 11) is 0. The molecule has 0 bridgehead atoms. The standard InChI is InChI=1S/C12H18ClNO/c1-9-7-11(8-10(2)12(9)13)15-6-4-3-5-14/h7-8H,3-6,14H2,1-2H3. The molecule has 0 atom stereocenters. The van der Waals surface area contributed by atoms with Gasteiger partial charge in [-0.3, -0.25) is 0 Å². The van der Waals surface area contributed by atoms with Crippen LogP contribution in [0.5, 0.6) is 5.75 Å². The number of aryl methyl sites for hydroxylation is 2. The smallest absolute Gasteiger partial charge is 0.119 e. The number of rotatable bonds is 5. The van der Waals surface area contributed by atoms with Crippen LogP contribution in [0.25, 0.3) is 0 Å². The molecule has 1 rings (SSSR count). The van der Waals surface area contributed by atoms with Crippen LogP contribution in [0.15, 0.2) is 12.1 Å². The Balaban J connectivity index is 2.55. The highest BCUT2D eigenvalue weighted by molar-refractivity contribution is 6.32. The van der Waals surface area contributed by atoms with E-state index in [1.54, 1.807) is 0 Å². The third kappa shape index (κ3) is 3.73. The number of nitrogens with two attached hydrogens (primary N) is 1. The number of hydrogen-bond acceptors (Lipinski definition) is 2. The van der Waals surface area contributed by atoms with E-state index >= 15 is 0 Å². The highest BCUT2D eigenvalue weighted by atomic mass is 35.5. The summed E-state index contributed by atoms with van der Waals surface area (Å²) < 4.78 is 5.61. The van der Waals surface area contributed by atoms with Gasteiger partial charge in [0.15, 0.2) is 0 Å². The lowest BCUT2D eigenvalue weighted by molar-refractivity contribution is 0.307. The average Bonchev–Trinajstić information content (AvgIpc) is 2.21. The molecule has 0 aliphatic heterocycles. The van der Waals surface area contributed by atoms with Crippen molar-refractivity contribution in [2.75, 3.05) is 13.2 Å². The molecular formula is C12H18ClNO. The zero-order valence-corrected chi connectivity index (χ0v) is 10.1. The molecule has 0 radical (unpaired) electrons. The van der Waals surface area contributed by atoms with Crippen molar-refractivity contribution in [2.45, 2.75) is 26.7 Å². The van der Waals surface area contributed by atoms with E-state index in [0.717, 1.165) is 47.9 Å². The lowest BCUT2D eigenvalue weighted by atomic mass is 10.1. The first-order chi connectivity index (χ1) is 7.15. The van der Waals surface area contributed by atoms with Gasteiger partial charge in [-0.2, -0.15) is 0 Å². The Bertz CT molecular complexity index is 302. The van der Waals surface area contributed by atoms with Crippen molar-refractivity contribution in [1.82, 2.24) is 0 Å². The van der Waals surface area contributed by atoms with Gasteiger partial charge < -0.3 is 10.5 Å².